The third-order valence-corrected chi connectivity index (χ3v) is 3.16. The lowest BCUT2D eigenvalue weighted by molar-refractivity contribution is 0.730. The number of aryl methyl sites for hydroxylation is 1. The van der Waals surface area contributed by atoms with E-state index in [1.165, 1.54) is 22.4 Å². The lowest BCUT2D eigenvalue weighted by Crippen LogP contribution is -2.09. The SMILES string of the molecule is Cc1ncc(C(C)C)c(C(C)C)c1C(C)C. The van der Waals surface area contributed by atoms with Crippen molar-refractivity contribution >= 4 is 0 Å². The lowest BCUT2D eigenvalue weighted by Gasteiger charge is -2.23. The summed E-state index contributed by atoms with van der Waals surface area (Å²) in [6.45, 7) is 15.7. The Labute approximate surface area is 100 Å². The Kier molecular flexibility index (Phi) is 4.12. The van der Waals surface area contributed by atoms with E-state index in [9.17, 15) is 0 Å². The monoisotopic (exact) mass is 219 g/mol. The fourth-order valence-electron chi connectivity index (χ4n) is 2.49. The average Bonchev–Trinajstić information content (AvgIpc) is 2.15. The van der Waals surface area contributed by atoms with Crippen molar-refractivity contribution in [2.45, 2.75) is 66.2 Å². The van der Waals surface area contributed by atoms with Crippen LogP contribution in [-0.2, 0) is 0 Å². The minimum atomic E-state index is 0.558. The largest absolute Gasteiger partial charge is 0.261 e. The van der Waals surface area contributed by atoms with E-state index >= 15 is 0 Å². The van der Waals surface area contributed by atoms with Gasteiger partial charge < -0.3 is 0 Å². The Morgan fingerprint density at radius 1 is 0.812 bits per heavy atom. The maximum Gasteiger partial charge on any atom is 0.0410 e. The van der Waals surface area contributed by atoms with Crippen molar-refractivity contribution < 1.29 is 0 Å². The van der Waals surface area contributed by atoms with Crippen LogP contribution in [0, 0.1) is 6.92 Å². The number of pyridine rings is 1. The molecule has 0 bridgehead atoms. The van der Waals surface area contributed by atoms with Gasteiger partial charge in [0.15, 0.2) is 0 Å². The number of aromatic nitrogens is 1. The molecule has 0 aliphatic carbocycles. The van der Waals surface area contributed by atoms with Gasteiger partial charge >= 0.3 is 0 Å². The van der Waals surface area contributed by atoms with E-state index in [-0.39, 0.29) is 0 Å². The van der Waals surface area contributed by atoms with Gasteiger partial charge in [-0.05, 0) is 41.4 Å². The zero-order valence-corrected chi connectivity index (χ0v) is 11.8. The molecule has 16 heavy (non-hydrogen) atoms. The molecule has 1 rings (SSSR count). The molecule has 1 aromatic rings. The Bertz CT molecular complexity index is 362. The second-order valence-corrected chi connectivity index (χ2v) is 5.59. The number of rotatable bonds is 3. The van der Waals surface area contributed by atoms with E-state index in [0.29, 0.717) is 17.8 Å². The molecule has 0 fully saturated rings. The third-order valence-electron chi connectivity index (χ3n) is 3.16. The average molecular weight is 219 g/mol. The summed E-state index contributed by atoms with van der Waals surface area (Å²) in [6, 6.07) is 0. The Morgan fingerprint density at radius 3 is 1.69 bits per heavy atom. The van der Waals surface area contributed by atoms with Crippen molar-refractivity contribution in [2.75, 3.05) is 0 Å². The highest BCUT2D eigenvalue weighted by Crippen LogP contribution is 2.33. The first-order valence-corrected chi connectivity index (χ1v) is 6.35. The van der Waals surface area contributed by atoms with Gasteiger partial charge in [0.25, 0.3) is 0 Å². The standard InChI is InChI=1S/C15H25N/c1-9(2)13-8-16-12(7)14(10(3)4)15(13)11(5)6/h8-11H,1-7H3. The molecule has 1 nitrogen and oxygen atoms in total. The minimum absolute atomic E-state index is 0.558. The van der Waals surface area contributed by atoms with Crippen LogP contribution >= 0.6 is 0 Å². The van der Waals surface area contributed by atoms with E-state index in [1.807, 2.05) is 0 Å². The van der Waals surface area contributed by atoms with Crippen LogP contribution in [0.1, 0.15) is 81.7 Å². The zero-order valence-electron chi connectivity index (χ0n) is 11.8. The van der Waals surface area contributed by atoms with Crippen LogP contribution in [0.5, 0.6) is 0 Å². The molecular formula is C15H25N. The van der Waals surface area contributed by atoms with E-state index in [4.69, 9.17) is 0 Å². The lowest BCUT2D eigenvalue weighted by atomic mass is 9.84. The van der Waals surface area contributed by atoms with Gasteiger partial charge in [-0.3, -0.25) is 4.98 Å². The van der Waals surface area contributed by atoms with E-state index < -0.39 is 0 Å². The molecule has 0 atom stereocenters. The highest BCUT2D eigenvalue weighted by Gasteiger charge is 2.18. The van der Waals surface area contributed by atoms with Crippen molar-refractivity contribution in [3.05, 3.63) is 28.6 Å². The summed E-state index contributed by atoms with van der Waals surface area (Å²) < 4.78 is 0. The Hall–Kier alpha value is -0.850. The van der Waals surface area contributed by atoms with Gasteiger partial charge in [-0.1, -0.05) is 41.5 Å². The quantitative estimate of drug-likeness (QED) is 0.714. The summed E-state index contributed by atoms with van der Waals surface area (Å²) in [5.41, 5.74) is 5.60. The molecule has 0 N–H and O–H groups in total. The first-order chi connectivity index (χ1) is 7.36. The van der Waals surface area contributed by atoms with Crippen LogP contribution in [-0.4, -0.2) is 4.98 Å². The van der Waals surface area contributed by atoms with Gasteiger partial charge in [-0.2, -0.15) is 0 Å². The smallest absolute Gasteiger partial charge is 0.0410 e. The van der Waals surface area contributed by atoms with E-state index in [0.717, 1.165) is 0 Å². The molecule has 0 radical (unpaired) electrons. The third kappa shape index (κ3) is 2.45. The maximum atomic E-state index is 4.56. The van der Waals surface area contributed by atoms with Crippen LogP contribution in [0.3, 0.4) is 0 Å². The van der Waals surface area contributed by atoms with E-state index in [2.05, 4.69) is 59.6 Å². The summed E-state index contributed by atoms with van der Waals surface area (Å²) in [4.78, 5) is 4.56. The Balaban J connectivity index is 3.50. The summed E-state index contributed by atoms with van der Waals surface area (Å²) in [5, 5.41) is 0. The number of hydrogen-bond donors (Lipinski definition) is 0. The van der Waals surface area contributed by atoms with Crippen molar-refractivity contribution in [2.24, 2.45) is 0 Å². The van der Waals surface area contributed by atoms with Crippen molar-refractivity contribution in [3.8, 4) is 0 Å². The topological polar surface area (TPSA) is 12.9 Å². The second kappa shape index (κ2) is 4.99. The molecule has 0 aliphatic rings. The van der Waals surface area contributed by atoms with Gasteiger partial charge in [0.05, 0.1) is 0 Å². The number of hydrogen-bond acceptors (Lipinski definition) is 1. The summed E-state index contributed by atoms with van der Waals surface area (Å²) in [5.74, 6) is 1.70. The highest BCUT2D eigenvalue weighted by molar-refractivity contribution is 5.41. The van der Waals surface area contributed by atoms with Crippen molar-refractivity contribution in [1.82, 2.24) is 4.98 Å². The zero-order chi connectivity index (χ0) is 12.5. The normalized spacial score (nSPS) is 11.9. The van der Waals surface area contributed by atoms with Crippen LogP contribution in [0.4, 0.5) is 0 Å². The predicted molar refractivity (Wildman–Crippen MR) is 71.2 cm³/mol. The molecule has 0 aliphatic heterocycles. The Morgan fingerprint density at radius 2 is 1.31 bits per heavy atom. The molecule has 1 heterocycles. The van der Waals surface area contributed by atoms with Crippen molar-refractivity contribution in [1.29, 1.82) is 0 Å². The molecule has 1 aromatic heterocycles. The van der Waals surface area contributed by atoms with Gasteiger partial charge in [-0.15, -0.1) is 0 Å². The molecule has 0 spiro atoms. The summed E-state index contributed by atoms with van der Waals surface area (Å²) in [7, 11) is 0. The van der Waals surface area contributed by atoms with Gasteiger partial charge in [0.2, 0.25) is 0 Å². The fourth-order valence-corrected chi connectivity index (χ4v) is 2.49. The summed E-state index contributed by atoms with van der Waals surface area (Å²) in [6.07, 6.45) is 2.07. The van der Waals surface area contributed by atoms with Crippen LogP contribution in [0.25, 0.3) is 0 Å². The second-order valence-electron chi connectivity index (χ2n) is 5.59. The van der Waals surface area contributed by atoms with Crippen LogP contribution < -0.4 is 0 Å². The molecular weight excluding hydrogens is 194 g/mol. The van der Waals surface area contributed by atoms with Gasteiger partial charge in [0, 0.05) is 11.9 Å². The first-order valence-electron chi connectivity index (χ1n) is 6.35. The molecule has 0 saturated heterocycles. The minimum Gasteiger partial charge on any atom is -0.261 e. The van der Waals surface area contributed by atoms with Crippen molar-refractivity contribution in [3.63, 3.8) is 0 Å². The van der Waals surface area contributed by atoms with Crippen LogP contribution in [0.2, 0.25) is 0 Å². The molecule has 0 unspecified atom stereocenters. The first kappa shape index (κ1) is 13.2. The predicted octanol–water partition coefficient (Wildman–Crippen LogP) is 4.76. The molecule has 0 amide bonds. The fraction of sp³-hybridized carbons (Fsp3) is 0.667. The summed E-state index contributed by atoms with van der Waals surface area (Å²) >= 11 is 0. The van der Waals surface area contributed by atoms with Gasteiger partial charge in [0.1, 0.15) is 0 Å². The molecule has 0 aromatic carbocycles. The number of nitrogens with zero attached hydrogens (tertiary/aromatic N) is 1. The van der Waals surface area contributed by atoms with Crippen LogP contribution in [0.15, 0.2) is 6.20 Å². The maximum absolute atomic E-state index is 4.56. The van der Waals surface area contributed by atoms with Gasteiger partial charge in [-0.25, -0.2) is 0 Å². The highest BCUT2D eigenvalue weighted by atomic mass is 14.7. The van der Waals surface area contributed by atoms with E-state index in [1.54, 1.807) is 0 Å². The molecule has 90 valence electrons. The molecule has 0 saturated carbocycles. The molecule has 1 heteroatoms.